The number of methoxy groups -OCH3 is 1. The van der Waals surface area contributed by atoms with Gasteiger partial charge in [0.15, 0.2) is 11.6 Å². The van der Waals surface area contributed by atoms with Gasteiger partial charge >= 0.3 is 0 Å². The molecule has 3 heterocycles. The maximum atomic E-state index is 15.4. The number of pyridine rings is 1. The quantitative estimate of drug-likeness (QED) is 0.661. The Bertz CT molecular complexity index is 1280. The summed E-state index contributed by atoms with van der Waals surface area (Å²) < 4.78 is 25.8. The number of hydrogen-bond acceptors (Lipinski definition) is 6. The second kappa shape index (κ2) is 6.55. The van der Waals surface area contributed by atoms with E-state index in [0.717, 1.165) is 30.8 Å². The smallest absolute Gasteiger partial charge is 0.271 e. The molecule has 1 aromatic carbocycles. The lowest BCUT2D eigenvalue weighted by molar-refractivity contribution is 0.348. The third kappa shape index (κ3) is 2.79. The minimum Gasteiger partial charge on any atom is -0.492 e. The number of nitrogens with one attached hydrogen (secondary N) is 1. The van der Waals surface area contributed by atoms with Crippen LogP contribution < -0.4 is 26.4 Å². The van der Waals surface area contributed by atoms with Crippen molar-refractivity contribution in [2.75, 3.05) is 25.1 Å². The number of nitrogens with two attached hydrogens (primary N) is 1. The van der Waals surface area contributed by atoms with Crippen molar-refractivity contribution in [2.24, 2.45) is 11.7 Å². The highest BCUT2D eigenvalue weighted by Gasteiger charge is 2.37. The number of ether oxygens (including phenoxy) is 1. The minimum absolute atomic E-state index is 0.0970. The summed E-state index contributed by atoms with van der Waals surface area (Å²) >= 11 is 1.15. The van der Waals surface area contributed by atoms with Crippen molar-refractivity contribution >= 4 is 38.3 Å². The van der Waals surface area contributed by atoms with Crippen molar-refractivity contribution in [2.45, 2.75) is 44.7 Å². The zero-order valence-electron chi connectivity index (χ0n) is 17.3. The molecule has 3 aromatic rings. The molecule has 0 bridgehead atoms. The van der Waals surface area contributed by atoms with Crippen LogP contribution in [-0.2, 0) is 0 Å². The predicted molar refractivity (Wildman–Crippen MR) is 118 cm³/mol. The summed E-state index contributed by atoms with van der Waals surface area (Å²) in [6.45, 7) is 5.27. The molecule has 5 rings (SSSR count). The van der Waals surface area contributed by atoms with Gasteiger partial charge in [0.25, 0.3) is 5.56 Å². The van der Waals surface area contributed by atoms with Gasteiger partial charge in [0.2, 0.25) is 5.43 Å². The number of aromatic nitrogens is 2. The first-order chi connectivity index (χ1) is 14.2. The van der Waals surface area contributed by atoms with Gasteiger partial charge in [-0.3, -0.25) is 14.0 Å². The fourth-order valence-electron chi connectivity index (χ4n) is 4.66. The molecule has 30 heavy (non-hydrogen) atoms. The first kappa shape index (κ1) is 19.6. The number of anilines is 1. The summed E-state index contributed by atoms with van der Waals surface area (Å²) in [4.78, 5) is 28.0. The lowest BCUT2D eigenvalue weighted by atomic mass is 9.88. The number of fused-ring (bicyclic) bond motifs is 2. The van der Waals surface area contributed by atoms with Crippen molar-refractivity contribution in [3.05, 3.63) is 32.5 Å². The number of nitrogens with zero attached hydrogens (tertiary/aromatic N) is 2. The van der Waals surface area contributed by atoms with E-state index in [-0.39, 0.29) is 28.3 Å². The van der Waals surface area contributed by atoms with E-state index >= 15 is 4.39 Å². The lowest BCUT2D eigenvalue weighted by Gasteiger charge is -2.28. The molecule has 9 heteroatoms. The zero-order valence-corrected chi connectivity index (χ0v) is 18.1. The van der Waals surface area contributed by atoms with Gasteiger partial charge in [-0.25, -0.2) is 4.39 Å². The highest BCUT2D eigenvalue weighted by molar-refractivity contribution is 7.12. The van der Waals surface area contributed by atoms with Crippen LogP contribution in [0, 0.1) is 11.7 Å². The van der Waals surface area contributed by atoms with Gasteiger partial charge in [0.1, 0.15) is 15.9 Å². The molecular formula is C21H25FN4O3S. The average Bonchev–Trinajstić information content (AvgIpc) is 3.25. The van der Waals surface area contributed by atoms with E-state index in [1.807, 2.05) is 23.3 Å². The number of rotatable bonds is 4. The van der Waals surface area contributed by atoms with E-state index in [0.29, 0.717) is 34.9 Å². The van der Waals surface area contributed by atoms with Crippen molar-refractivity contribution in [3.8, 4) is 5.75 Å². The molecule has 0 radical (unpaired) electrons. The van der Waals surface area contributed by atoms with E-state index in [2.05, 4.69) is 4.37 Å². The van der Waals surface area contributed by atoms with Gasteiger partial charge in [0.05, 0.1) is 18.0 Å². The van der Waals surface area contributed by atoms with Crippen molar-refractivity contribution in [3.63, 3.8) is 0 Å². The van der Waals surface area contributed by atoms with Crippen LogP contribution in [0.4, 0.5) is 10.1 Å². The van der Waals surface area contributed by atoms with Crippen LogP contribution in [0.2, 0.25) is 0 Å². The Morgan fingerprint density at radius 3 is 2.63 bits per heavy atom. The van der Waals surface area contributed by atoms with Crippen molar-refractivity contribution in [1.29, 1.82) is 0 Å². The lowest BCUT2D eigenvalue weighted by Crippen LogP contribution is -2.42. The molecule has 7 nitrogen and oxygen atoms in total. The van der Waals surface area contributed by atoms with Gasteiger partial charge in [-0.1, -0.05) is 0 Å². The van der Waals surface area contributed by atoms with Crippen LogP contribution in [0.5, 0.6) is 5.75 Å². The fraction of sp³-hybridized carbons (Fsp3) is 0.524. The predicted octanol–water partition coefficient (Wildman–Crippen LogP) is 2.95. The molecule has 0 amide bonds. The Kier molecular flexibility index (Phi) is 4.27. The van der Waals surface area contributed by atoms with Crippen molar-refractivity contribution in [1.82, 2.24) is 8.94 Å². The molecule has 1 aliphatic carbocycles. The molecule has 2 aliphatic rings. The van der Waals surface area contributed by atoms with Crippen molar-refractivity contribution < 1.29 is 9.13 Å². The second-order valence-corrected chi connectivity index (χ2v) is 9.83. The van der Waals surface area contributed by atoms with E-state index in [9.17, 15) is 9.59 Å². The maximum absolute atomic E-state index is 15.4. The number of aromatic amines is 1. The number of halogens is 1. The topological polar surface area (TPSA) is 93.3 Å². The standard InChI is InChI=1S/C21H25FN4O3S/c1-21(2,23)10-6-7-25(9-10)16-13(22)8-12-15(18(16)29-3)26(11-4-5-11)20-14(17(12)27)19(28)24-30-20/h8,10-11H,4-7,9,23H2,1-3H3,(H,24,28). The van der Waals surface area contributed by atoms with Gasteiger partial charge in [0, 0.05) is 24.7 Å². The summed E-state index contributed by atoms with van der Waals surface area (Å²) in [6, 6.07) is 1.44. The second-order valence-electron chi connectivity index (χ2n) is 9.03. The van der Waals surface area contributed by atoms with Crippen LogP contribution in [0.25, 0.3) is 21.1 Å². The summed E-state index contributed by atoms with van der Waals surface area (Å²) in [7, 11) is 1.50. The molecule has 160 valence electrons. The SMILES string of the molecule is COc1c(N2CCC(C(C)(C)N)C2)c(F)cc2c(=O)c3c(=O)[nH]sc3n(C3CC3)c12. The third-order valence-corrected chi connectivity index (χ3v) is 7.35. The van der Waals surface area contributed by atoms with Gasteiger partial charge < -0.3 is 19.9 Å². The number of hydrogen-bond donors (Lipinski definition) is 2. The zero-order chi connectivity index (χ0) is 21.4. The molecular weight excluding hydrogens is 407 g/mol. The fourth-order valence-corrected chi connectivity index (χ4v) is 5.58. The first-order valence-electron chi connectivity index (χ1n) is 10.2. The Balaban J connectivity index is 1.82. The average molecular weight is 433 g/mol. The van der Waals surface area contributed by atoms with E-state index in [1.54, 1.807) is 0 Å². The Hall–Kier alpha value is -2.39. The Morgan fingerprint density at radius 2 is 2.03 bits per heavy atom. The van der Waals surface area contributed by atoms with E-state index < -0.39 is 16.8 Å². The summed E-state index contributed by atoms with van der Waals surface area (Å²) in [6.07, 6.45) is 2.75. The van der Waals surface area contributed by atoms with E-state index in [1.165, 1.54) is 13.2 Å². The largest absolute Gasteiger partial charge is 0.492 e. The summed E-state index contributed by atoms with van der Waals surface area (Å²) in [5.41, 5.74) is 6.00. The first-order valence-corrected chi connectivity index (χ1v) is 11.0. The Morgan fingerprint density at radius 1 is 1.30 bits per heavy atom. The highest BCUT2D eigenvalue weighted by Crippen LogP contribution is 2.46. The molecule has 1 saturated heterocycles. The molecule has 3 N–H and O–H groups in total. The Labute approximate surface area is 176 Å². The minimum atomic E-state index is -0.514. The summed E-state index contributed by atoms with van der Waals surface area (Å²) in [5.74, 6) is 0.0628. The molecule has 2 aromatic heterocycles. The van der Waals surface area contributed by atoms with Crippen LogP contribution in [0.1, 0.15) is 39.2 Å². The maximum Gasteiger partial charge on any atom is 0.271 e. The van der Waals surface area contributed by atoms with Crippen LogP contribution in [0.3, 0.4) is 0 Å². The number of H-pyrrole nitrogens is 1. The summed E-state index contributed by atoms with van der Waals surface area (Å²) in [5, 5.41) is 0.283. The van der Waals surface area contributed by atoms with E-state index in [4.69, 9.17) is 10.5 Å². The van der Waals surface area contributed by atoms with Gasteiger partial charge in [-0.2, -0.15) is 0 Å². The van der Waals surface area contributed by atoms with Crippen LogP contribution >= 0.6 is 11.5 Å². The molecule has 1 aliphatic heterocycles. The van der Waals surface area contributed by atoms with Crippen LogP contribution in [-0.4, -0.2) is 34.7 Å². The molecule has 1 saturated carbocycles. The normalized spacial score (nSPS) is 19.9. The van der Waals surface area contributed by atoms with Gasteiger partial charge in [-0.05, 0) is 56.6 Å². The molecule has 1 unspecified atom stereocenters. The van der Waals surface area contributed by atoms with Gasteiger partial charge in [-0.15, -0.1) is 0 Å². The highest BCUT2D eigenvalue weighted by atomic mass is 32.1. The third-order valence-electron chi connectivity index (χ3n) is 6.47. The molecule has 2 fully saturated rings. The molecule has 1 atom stereocenters. The monoisotopic (exact) mass is 432 g/mol. The molecule has 0 spiro atoms. The number of benzene rings is 1. The van der Waals surface area contributed by atoms with Crippen LogP contribution in [0.15, 0.2) is 15.7 Å².